The molecule has 0 aliphatic carbocycles. The van der Waals surface area contributed by atoms with Gasteiger partial charge in [0.05, 0.1) is 0 Å². The summed E-state index contributed by atoms with van der Waals surface area (Å²) in [6.45, 7) is 16.8. The molecule has 0 fully saturated rings. The van der Waals surface area contributed by atoms with E-state index in [0.29, 0.717) is 0 Å². The first-order chi connectivity index (χ1) is 16.5. The Bertz CT molecular complexity index is 504. The summed E-state index contributed by atoms with van der Waals surface area (Å²) in [6.07, 6.45) is 15.7. The molecule has 0 heterocycles. The van der Waals surface area contributed by atoms with Crippen LogP contribution < -0.4 is 15.3 Å². The van der Waals surface area contributed by atoms with E-state index in [0.717, 1.165) is 57.8 Å². The van der Waals surface area contributed by atoms with Gasteiger partial charge in [0.2, 0.25) is 0 Å². The predicted molar refractivity (Wildman–Crippen MR) is 143 cm³/mol. The Labute approximate surface area is 259 Å². The van der Waals surface area contributed by atoms with Crippen molar-refractivity contribution in [3.8, 4) is 0 Å². The second-order valence-corrected chi connectivity index (χ2v) is 11.9. The molecule has 0 atom stereocenters. The minimum absolute atomic E-state index is 0. The van der Waals surface area contributed by atoms with E-state index in [-0.39, 0.29) is 38.6 Å². The number of hydrogen-bond acceptors (Lipinski definition) is 6. The zero-order valence-corrected chi connectivity index (χ0v) is 27.5. The Hall–Kier alpha value is -0.304. The molecule has 6 nitrogen and oxygen atoms in total. The first kappa shape index (κ1) is 43.7. The topological polar surface area (TPSA) is 120 Å². The van der Waals surface area contributed by atoms with E-state index in [1.54, 1.807) is 41.5 Å². The summed E-state index contributed by atoms with van der Waals surface area (Å²) in [5, 5.41) is 31.7. The van der Waals surface area contributed by atoms with Crippen LogP contribution in [0.25, 0.3) is 0 Å². The predicted octanol–water partition coefficient (Wildman–Crippen LogP) is 5.20. The van der Waals surface area contributed by atoms with Gasteiger partial charge in [-0.3, -0.25) is 0 Å². The molecule has 0 rings (SSSR count). The molecule has 0 spiro atoms. The number of rotatable bonds is 18. The molecule has 0 aromatic rings. The molecule has 7 heteroatoms. The van der Waals surface area contributed by atoms with E-state index >= 15 is 0 Å². The fourth-order valence-electron chi connectivity index (χ4n) is 3.29. The Morgan fingerprint density at radius 1 is 0.432 bits per heavy atom. The van der Waals surface area contributed by atoms with Crippen LogP contribution in [0.4, 0.5) is 0 Å². The van der Waals surface area contributed by atoms with Crippen molar-refractivity contribution in [2.45, 2.75) is 159 Å². The first-order valence-electron chi connectivity index (χ1n) is 14.2. The second kappa shape index (κ2) is 24.7. The molecule has 0 N–H and O–H groups in total. The van der Waals surface area contributed by atoms with Gasteiger partial charge in [0.25, 0.3) is 0 Å². The van der Waals surface area contributed by atoms with E-state index in [1.807, 2.05) is 0 Å². The third-order valence-electron chi connectivity index (χ3n) is 6.62. The molecule has 37 heavy (non-hydrogen) atoms. The molecule has 0 amide bonds. The van der Waals surface area contributed by atoms with Crippen LogP contribution in [0.15, 0.2) is 0 Å². The fraction of sp³-hybridized carbons (Fsp3) is 0.900. The summed E-state index contributed by atoms with van der Waals surface area (Å²) in [5.41, 5.74) is -1.94. The molecule has 0 aliphatic heterocycles. The molecule has 0 bridgehead atoms. The van der Waals surface area contributed by atoms with Gasteiger partial charge in [-0.2, -0.15) is 0 Å². The minimum Gasteiger partial charge on any atom is -0.550 e. The van der Waals surface area contributed by atoms with Crippen molar-refractivity contribution in [1.29, 1.82) is 0 Å². The van der Waals surface area contributed by atoms with Crippen molar-refractivity contribution in [2.24, 2.45) is 16.2 Å². The van der Waals surface area contributed by atoms with Crippen molar-refractivity contribution in [3.05, 3.63) is 0 Å². The average molecular weight is 673 g/mol. The molecule has 0 aliphatic rings. The maximum absolute atomic E-state index is 10.6. The maximum atomic E-state index is 10.6. The Kier molecular flexibility index (Phi) is 29.2. The van der Waals surface area contributed by atoms with Crippen LogP contribution in [-0.2, 0) is 14.4 Å². The van der Waals surface area contributed by atoms with Gasteiger partial charge in [-0.15, -0.1) is 0 Å². The van der Waals surface area contributed by atoms with E-state index in [9.17, 15) is 29.7 Å². The molecule has 0 saturated carbocycles. The first-order valence-corrected chi connectivity index (χ1v) is 14.2. The average Bonchev–Trinajstić information content (AvgIpc) is 2.78. The smallest absolute Gasteiger partial charge is 0.550 e. The van der Waals surface area contributed by atoms with Gasteiger partial charge >= 0.3 is 38.6 Å². The van der Waals surface area contributed by atoms with Gasteiger partial charge in [0.1, 0.15) is 0 Å². The quantitative estimate of drug-likeness (QED) is 0.185. The monoisotopic (exact) mass is 672 g/mol. The van der Waals surface area contributed by atoms with Crippen LogP contribution in [0.3, 0.4) is 0 Å². The van der Waals surface area contributed by atoms with Gasteiger partial charge in [-0.25, -0.2) is 0 Å². The number of carbonyl (C=O) groups excluding carboxylic acids is 3. The molecular formula is C30H57O6Tb. The third-order valence-corrected chi connectivity index (χ3v) is 6.62. The molecule has 0 radical (unpaired) electrons. The Morgan fingerprint density at radius 2 is 0.622 bits per heavy atom. The normalized spacial score (nSPS) is 11.3. The fourth-order valence-corrected chi connectivity index (χ4v) is 3.29. The van der Waals surface area contributed by atoms with E-state index in [4.69, 9.17) is 0 Å². The number of unbranched alkanes of at least 4 members (excludes halogenated alkanes) is 9. The second-order valence-electron chi connectivity index (χ2n) is 11.9. The molecule has 0 aromatic carbocycles. The standard InChI is InChI=1S/3C10H20O2.Tb/c3*1-4-5-6-7-8-10(2,3)9(11)12;/h3*4-8H2,1-3H3,(H,11,12);/q;;;+3/p-3. The number of hydrogen-bond donors (Lipinski definition) is 0. The molecular weight excluding hydrogens is 615 g/mol. The summed E-state index contributed by atoms with van der Waals surface area (Å²) in [5.74, 6) is -2.79. The summed E-state index contributed by atoms with van der Waals surface area (Å²) in [4.78, 5) is 31.7. The van der Waals surface area contributed by atoms with Gasteiger partial charge < -0.3 is 29.7 Å². The van der Waals surface area contributed by atoms with Gasteiger partial charge in [-0.05, 0) is 19.3 Å². The van der Waals surface area contributed by atoms with Gasteiger partial charge in [0, 0.05) is 34.2 Å². The zero-order chi connectivity index (χ0) is 28.8. The van der Waals surface area contributed by atoms with Gasteiger partial charge in [0.15, 0.2) is 0 Å². The van der Waals surface area contributed by atoms with Crippen molar-refractivity contribution in [3.63, 3.8) is 0 Å². The molecule has 0 aromatic heterocycles. The van der Waals surface area contributed by atoms with Crippen LogP contribution in [0.1, 0.15) is 159 Å². The molecule has 0 saturated heterocycles. The summed E-state index contributed by atoms with van der Waals surface area (Å²) in [7, 11) is 0. The van der Waals surface area contributed by atoms with Crippen molar-refractivity contribution >= 4 is 17.9 Å². The van der Waals surface area contributed by atoms with Crippen molar-refractivity contribution < 1.29 is 68.3 Å². The molecule has 222 valence electrons. The van der Waals surface area contributed by atoms with Crippen molar-refractivity contribution in [2.75, 3.05) is 0 Å². The number of carboxylic acid groups (broad SMARTS) is 3. The van der Waals surface area contributed by atoms with Crippen LogP contribution in [-0.4, -0.2) is 17.9 Å². The maximum Gasteiger partial charge on any atom is 3.00 e. The SMILES string of the molecule is CCCCCCC(C)(C)C(=O)[O-].CCCCCCC(C)(C)C(=O)[O-].CCCCCCC(C)(C)C(=O)[O-].[Tb+3]. The van der Waals surface area contributed by atoms with E-state index in [1.165, 1.54) is 38.5 Å². The largest absolute Gasteiger partial charge is 3.00 e. The van der Waals surface area contributed by atoms with Crippen molar-refractivity contribution in [1.82, 2.24) is 0 Å². The van der Waals surface area contributed by atoms with Crippen LogP contribution >= 0.6 is 0 Å². The number of aliphatic carboxylic acids is 3. The third kappa shape index (κ3) is 27.1. The number of carbonyl (C=O) groups is 3. The van der Waals surface area contributed by atoms with Crippen LogP contribution in [0.2, 0.25) is 0 Å². The Morgan fingerprint density at radius 3 is 0.757 bits per heavy atom. The van der Waals surface area contributed by atoms with Crippen LogP contribution in [0, 0.1) is 54.9 Å². The van der Waals surface area contributed by atoms with Crippen LogP contribution in [0.5, 0.6) is 0 Å². The minimum atomic E-state index is -0.931. The zero-order valence-electron chi connectivity index (χ0n) is 25.4. The van der Waals surface area contributed by atoms with Gasteiger partial charge in [-0.1, -0.05) is 139 Å². The summed E-state index contributed by atoms with van der Waals surface area (Å²) < 4.78 is 0. The van der Waals surface area contributed by atoms with E-state index < -0.39 is 34.2 Å². The summed E-state index contributed by atoms with van der Waals surface area (Å²) in [6, 6.07) is 0. The van der Waals surface area contributed by atoms with E-state index in [2.05, 4.69) is 20.8 Å². The summed E-state index contributed by atoms with van der Waals surface area (Å²) >= 11 is 0. The Balaban J connectivity index is -0.000000218. The molecule has 0 unspecified atom stereocenters. The number of carboxylic acids is 3.